The van der Waals surface area contributed by atoms with E-state index < -0.39 is 0 Å². The van der Waals surface area contributed by atoms with Crippen LogP contribution in [0.4, 0.5) is 10.5 Å². The largest absolute Gasteiger partial charge is 0.466 e. The highest BCUT2D eigenvalue weighted by Crippen LogP contribution is 2.38. The van der Waals surface area contributed by atoms with Crippen LogP contribution in [0.25, 0.3) is 0 Å². The van der Waals surface area contributed by atoms with Gasteiger partial charge in [0.1, 0.15) is 11.1 Å². The van der Waals surface area contributed by atoms with Gasteiger partial charge in [-0.15, -0.1) is 11.8 Å². The molecule has 0 spiro atoms. The second-order valence-corrected chi connectivity index (χ2v) is 6.10. The molecule has 4 nitrogen and oxygen atoms in total. The van der Waals surface area contributed by atoms with Crippen molar-refractivity contribution in [1.82, 2.24) is 4.90 Å². The smallest absolute Gasteiger partial charge is 0.323 e. The van der Waals surface area contributed by atoms with Gasteiger partial charge in [-0.3, -0.25) is 0 Å². The lowest BCUT2D eigenvalue weighted by Crippen LogP contribution is -2.34. The maximum Gasteiger partial charge on any atom is 0.323 e. The lowest BCUT2D eigenvalue weighted by atomic mass is 10.1. The van der Waals surface area contributed by atoms with Crippen LogP contribution in [0.15, 0.2) is 47.1 Å². The van der Waals surface area contributed by atoms with Crippen LogP contribution in [0.1, 0.15) is 23.6 Å². The molecular weight excluding hydrogens is 284 g/mol. The van der Waals surface area contributed by atoms with Crippen molar-refractivity contribution in [3.63, 3.8) is 0 Å². The van der Waals surface area contributed by atoms with Gasteiger partial charge in [-0.05, 0) is 36.2 Å². The lowest BCUT2D eigenvalue weighted by Gasteiger charge is -2.22. The van der Waals surface area contributed by atoms with Crippen LogP contribution in [0.2, 0.25) is 0 Å². The van der Waals surface area contributed by atoms with E-state index in [1.807, 2.05) is 41.3 Å². The van der Waals surface area contributed by atoms with Crippen molar-refractivity contribution in [3.05, 3.63) is 54.0 Å². The van der Waals surface area contributed by atoms with Crippen LogP contribution >= 0.6 is 11.8 Å². The van der Waals surface area contributed by atoms with E-state index in [-0.39, 0.29) is 11.4 Å². The maximum atomic E-state index is 12.4. The summed E-state index contributed by atoms with van der Waals surface area (Å²) in [4.78, 5) is 14.3. The van der Waals surface area contributed by atoms with E-state index in [1.165, 1.54) is 5.56 Å². The molecule has 1 aliphatic heterocycles. The Morgan fingerprint density at radius 2 is 2.19 bits per heavy atom. The van der Waals surface area contributed by atoms with Crippen molar-refractivity contribution in [1.29, 1.82) is 0 Å². The van der Waals surface area contributed by atoms with Gasteiger partial charge in [-0.25, -0.2) is 4.79 Å². The number of anilines is 1. The Morgan fingerprint density at radius 1 is 1.38 bits per heavy atom. The zero-order chi connectivity index (χ0) is 14.7. The van der Waals surface area contributed by atoms with Gasteiger partial charge in [0.15, 0.2) is 0 Å². The molecule has 0 unspecified atom stereocenters. The molecule has 2 amide bonds. The molecule has 1 aromatic heterocycles. The predicted octanol–water partition coefficient (Wildman–Crippen LogP) is 4.12. The van der Waals surface area contributed by atoms with Gasteiger partial charge in [0.25, 0.3) is 0 Å². The fourth-order valence-corrected chi connectivity index (χ4v) is 3.57. The number of nitrogens with one attached hydrogen (secondary N) is 1. The average molecular weight is 302 g/mol. The van der Waals surface area contributed by atoms with Gasteiger partial charge in [-0.2, -0.15) is 0 Å². The molecule has 1 aliphatic rings. The first kappa shape index (κ1) is 14.1. The standard InChI is InChI=1S/C16H18N2O2S/c1-2-12-5-7-13(8-6-12)17-16(19)18-9-11-21-15(18)14-4-3-10-20-14/h3-8,10,15H,2,9,11H2,1H3,(H,17,19)/t15-/m1/s1. The molecule has 5 heteroatoms. The zero-order valence-electron chi connectivity index (χ0n) is 11.9. The highest BCUT2D eigenvalue weighted by atomic mass is 32.2. The third-order valence-electron chi connectivity index (χ3n) is 3.55. The monoisotopic (exact) mass is 302 g/mol. The molecule has 110 valence electrons. The molecule has 2 heterocycles. The first-order chi connectivity index (χ1) is 10.3. The minimum absolute atomic E-state index is 0.0325. The second-order valence-electron chi connectivity index (χ2n) is 4.91. The zero-order valence-corrected chi connectivity index (χ0v) is 12.7. The Kier molecular flexibility index (Phi) is 4.20. The first-order valence-electron chi connectivity index (χ1n) is 7.09. The number of rotatable bonds is 3. The summed E-state index contributed by atoms with van der Waals surface area (Å²) in [6.07, 6.45) is 2.64. The molecule has 0 saturated carbocycles. The summed E-state index contributed by atoms with van der Waals surface area (Å²) < 4.78 is 5.44. The molecule has 3 rings (SSSR count). The van der Waals surface area contributed by atoms with Crippen molar-refractivity contribution in [3.8, 4) is 0 Å². The van der Waals surface area contributed by atoms with Crippen LogP contribution in [0, 0.1) is 0 Å². The molecule has 1 atom stereocenters. The fraction of sp³-hybridized carbons (Fsp3) is 0.312. The number of thioether (sulfide) groups is 1. The number of aryl methyl sites for hydroxylation is 1. The number of amides is 2. The molecule has 1 N–H and O–H groups in total. The third kappa shape index (κ3) is 3.08. The molecule has 1 saturated heterocycles. The highest BCUT2D eigenvalue weighted by molar-refractivity contribution is 7.99. The summed E-state index contributed by atoms with van der Waals surface area (Å²) in [6, 6.07) is 11.7. The Labute approximate surface area is 128 Å². The summed E-state index contributed by atoms with van der Waals surface area (Å²) >= 11 is 1.72. The fourth-order valence-electron chi connectivity index (χ4n) is 2.36. The number of nitrogens with zero attached hydrogens (tertiary/aromatic N) is 1. The van der Waals surface area contributed by atoms with Crippen LogP contribution in [-0.2, 0) is 6.42 Å². The van der Waals surface area contributed by atoms with E-state index in [2.05, 4.69) is 12.2 Å². The van der Waals surface area contributed by atoms with Gasteiger partial charge in [0.2, 0.25) is 0 Å². The van der Waals surface area contributed by atoms with E-state index in [9.17, 15) is 4.79 Å². The number of hydrogen-bond acceptors (Lipinski definition) is 3. The van der Waals surface area contributed by atoms with Crippen LogP contribution in [0.5, 0.6) is 0 Å². The minimum atomic E-state index is -0.0781. The van der Waals surface area contributed by atoms with Gasteiger partial charge >= 0.3 is 6.03 Å². The third-order valence-corrected chi connectivity index (χ3v) is 4.77. The maximum absolute atomic E-state index is 12.4. The molecule has 0 aliphatic carbocycles. The van der Waals surface area contributed by atoms with Crippen molar-refractivity contribution in [2.24, 2.45) is 0 Å². The normalized spacial score (nSPS) is 18.0. The number of benzene rings is 1. The Morgan fingerprint density at radius 3 is 2.86 bits per heavy atom. The molecule has 1 fully saturated rings. The SMILES string of the molecule is CCc1ccc(NC(=O)N2CCS[C@@H]2c2ccco2)cc1. The van der Waals surface area contributed by atoms with Crippen molar-refractivity contribution in [2.45, 2.75) is 18.7 Å². The van der Waals surface area contributed by atoms with E-state index >= 15 is 0 Å². The summed E-state index contributed by atoms with van der Waals surface area (Å²) in [6.45, 7) is 2.85. The highest BCUT2D eigenvalue weighted by Gasteiger charge is 2.32. The van der Waals surface area contributed by atoms with Gasteiger partial charge < -0.3 is 14.6 Å². The number of urea groups is 1. The first-order valence-corrected chi connectivity index (χ1v) is 8.14. The number of furan rings is 1. The Balaban J connectivity index is 1.69. The van der Waals surface area contributed by atoms with E-state index in [1.54, 1.807) is 18.0 Å². The molecule has 0 radical (unpaired) electrons. The summed E-state index contributed by atoms with van der Waals surface area (Å²) in [7, 11) is 0. The van der Waals surface area contributed by atoms with Gasteiger partial charge in [-0.1, -0.05) is 19.1 Å². The summed E-state index contributed by atoms with van der Waals surface area (Å²) in [5, 5.41) is 2.93. The second kappa shape index (κ2) is 6.26. The van der Waals surface area contributed by atoms with E-state index in [0.29, 0.717) is 0 Å². The van der Waals surface area contributed by atoms with Gasteiger partial charge in [0.05, 0.1) is 6.26 Å². The number of hydrogen-bond donors (Lipinski definition) is 1. The van der Waals surface area contributed by atoms with Crippen molar-refractivity contribution < 1.29 is 9.21 Å². The molecule has 1 aromatic carbocycles. The molecule has 0 bridgehead atoms. The van der Waals surface area contributed by atoms with Crippen molar-refractivity contribution in [2.75, 3.05) is 17.6 Å². The quantitative estimate of drug-likeness (QED) is 0.927. The van der Waals surface area contributed by atoms with Crippen LogP contribution < -0.4 is 5.32 Å². The van der Waals surface area contributed by atoms with Gasteiger partial charge in [0, 0.05) is 18.0 Å². The summed E-state index contributed by atoms with van der Waals surface area (Å²) in [5.74, 6) is 1.75. The molecule has 2 aromatic rings. The minimum Gasteiger partial charge on any atom is -0.466 e. The number of carbonyl (C=O) groups is 1. The van der Waals surface area contributed by atoms with E-state index in [0.717, 1.165) is 30.2 Å². The summed E-state index contributed by atoms with van der Waals surface area (Å²) in [5.41, 5.74) is 2.09. The van der Waals surface area contributed by atoms with Crippen LogP contribution in [0.3, 0.4) is 0 Å². The molecule has 21 heavy (non-hydrogen) atoms. The van der Waals surface area contributed by atoms with Crippen molar-refractivity contribution >= 4 is 23.5 Å². The lowest BCUT2D eigenvalue weighted by molar-refractivity contribution is 0.210. The average Bonchev–Trinajstić information content (AvgIpc) is 3.18. The van der Waals surface area contributed by atoms with Crippen LogP contribution in [-0.4, -0.2) is 23.2 Å². The predicted molar refractivity (Wildman–Crippen MR) is 85.5 cm³/mol. The molecular formula is C16H18N2O2S. The topological polar surface area (TPSA) is 45.5 Å². The Hall–Kier alpha value is -1.88. The van der Waals surface area contributed by atoms with E-state index in [4.69, 9.17) is 4.42 Å². The Bertz CT molecular complexity index is 595. The number of carbonyl (C=O) groups excluding carboxylic acids is 1.